The van der Waals surface area contributed by atoms with Crippen LogP contribution in [0.2, 0.25) is 0 Å². The molecule has 2 aliphatic carbocycles. The SMILES string of the molecule is COC(=O)C[C@H]1C2CCCC2C(=O)[C@@H]1c1ccccc1. The average molecular weight is 272 g/mol. The number of Topliss-reactive ketones (excluding diaryl/α,β-unsaturated/α-hetero) is 1. The third kappa shape index (κ3) is 2.15. The van der Waals surface area contributed by atoms with Crippen molar-refractivity contribution in [1.29, 1.82) is 0 Å². The molecule has 4 atom stereocenters. The van der Waals surface area contributed by atoms with E-state index in [-0.39, 0.29) is 23.7 Å². The first-order valence-electron chi connectivity index (χ1n) is 7.38. The van der Waals surface area contributed by atoms with E-state index in [4.69, 9.17) is 4.74 Å². The third-order valence-corrected chi connectivity index (χ3v) is 5.01. The van der Waals surface area contributed by atoms with Gasteiger partial charge < -0.3 is 4.74 Å². The summed E-state index contributed by atoms with van der Waals surface area (Å²) in [5, 5.41) is 0. The van der Waals surface area contributed by atoms with Crippen LogP contribution < -0.4 is 0 Å². The second-order valence-electron chi connectivity index (χ2n) is 5.94. The predicted octanol–water partition coefficient (Wildman–Crippen LogP) is 2.95. The summed E-state index contributed by atoms with van der Waals surface area (Å²) in [5.74, 6) is 0.668. The van der Waals surface area contributed by atoms with Gasteiger partial charge in [0.2, 0.25) is 0 Å². The summed E-state index contributed by atoms with van der Waals surface area (Å²) < 4.78 is 4.83. The fourth-order valence-electron chi connectivity index (χ4n) is 4.16. The molecule has 0 amide bonds. The molecule has 0 heterocycles. The van der Waals surface area contributed by atoms with Crippen LogP contribution in [-0.4, -0.2) is 18.9 Å². The van der Waals surface area contributed by atoms with Crippen molar-refractivity contribution < 1.29 is 14.3 Å². The van der Waals surface area contributed by atoms with Gasteiger partial charge in [0.15, 0.2) is 0 Å². The second-order valence-corrected chi connectivity index (χ2v) is 5.94. The van der Waals surface area contributed by atoms with E-state index in [9.17, 15) is 9.59 Å². The monoisotopic (exact) mass is 272 g/mol. The molecule has 0 aromatic heterocycles. The highest BCUT2D eigenvalue weighted by atomic mass is 16.5. The van der Waals surface area contributed by atoms with Gasteiger partial charge in [-0.1, -0.05) is 36.8 Å². The van der Waals surface area contributed by atoms with Crippen LogP contribution in [-0.2, 0) is 14.3 Å². The Kier molecular flexibility index (Phi) is 3.60. The highest BCUT2D eigenvalue weighted by molar-refractivity contribution is 5.92. The van der Waals surface area contributed by atoms with Gasteiger partial charge in [-0.3, -0.25) is 9.59 Å². The minimum Gasteiger partial charge on any atom is -0.469 e. The summed E-state index contributed by atoms with van der Waals surface area (Å²) in [7, 11) is 1.42. The summed E-state index contributed by atoms with van der Waals surface area (Å²) in [4.78, 5) is 24.4. The van der Waals surface area contributed by atoms with E-state index in [1.807, 2.05) is 30.3 Å². The van der Waals surface area contributed by atoms with Crippen molar-refractivity contribution in [3.8, 4) is 0 Å². The lowest BCUT2D eigenvalue weighted by Gasteiger charge is -2.22. The molecule has 3 rings (SSSR count). The summed E-state index contributed by atoms with van der Waals surface area (Å²) in [6.07, 6.45) is 3.54. The Morgan fingerprint density at radius 2 is 2.00 bits per heavy atom. The van der Waals surface area contributed by atoms with Crippen LogP contribution in [0.1, 0.15) is 37.2 Å². The number of ether oxygens (including phenoxy) is 1. The van der Waals surface area contributed by atoms with E-state index in [0.29, 0.717) is 18.1 Å². The van der Waals surface area contributed by atoms with Crippen LogP contribution in [0, 0.1) is 17.8 Å². The molecule has 0 N–H and O–H groups in total. The molecule has 0 spiro atoms. The number of rotatable bonds is 3. The third-order valence-electron chi connectivity index (χ3n) is 5.01. The minimum atomic E-state index is -0.198. The van der Waals surface area contributed by atoms with Crippen LogP contribution in [0.15, 0.2) is 30.3 Å². The maximum atomic E-state index is 12.7. The molecule has 1 aromatic carbocycles. The summed E-state index contributed by atoms with van der Waals surface area (Å²) >= 11 is 0. The largest absolute Gasteiger partial charge is 0.469 e. The van der Waals surface area contributed by atoms with E-state index in [2.05, 4.69) is 0 Å². The first kappa shape index (κ1) is 13.3. The van der Waals surface area contributed by atoms with Gasteiger partial charge in [0.1, 0.15) is 5.78 Å². The molecule has 2 fully saturated rings. The van der Waals surface area contributed by atoms with Gasteiger partial charge in [-0.15, -0.1) is 0 Å². The van der Waals surface area contributed by atoms with Crippen molar-refractivity contribution in [1.82, 2.24) is 0 Å². The van der Waals surface area contributed by atoms with Gasteiger partial charge in [-0.05, 0) is 30.2 Å². The first-order chi connectivity index (χ1) is 9.72. The van der Waals surface area contributed by atoms with E-state index >= 15 is 0 Å². The molecule has 0 radical (unpaired) electrons. The van der Waals surface area contributed by atoms with Crippen molar-refractivity contribution in [3.05, 3.63) is 35.9 Å². The van der Waals surface area contributed by atoms with Gasteiger partial charge >= 0.3 is 5.97 Å². The number of esters is 1. The second kappa shape index (κ2) is 5.39. The fraction of sp³-hybridized carbons (Fsp3) is 0.529. The normalized spacial score (nSPS) is 32.1. The number of methoxy groups -OCH3 is 1. The van der Waals surface area contributed by atoms with Crippen LogP contribution in [0.5, 0.6) is 0 Å². The van der Waals surface area contributed by atoms with Crippen molar-refractivity contribution in [2.45, 2.75) is 31.6 Å². The van der Waals surface area contributed by atoms with Crippen molar-refractivity contribution in [2.24, 2.45) is 17.8 Å². The van der Waals surface area contributed by atoms with Gasteiger partial charge in [0.25, 0.3) is 0 Å². The Hall–Kier alpha value is -1.64. The Morgan fingerprint density at radius 1 is 1.25 bits per heavy atom. The zero-order chi connectivity index (χ0) is 14.1. The zero-order valence-corrected chi connectivity index (χ0v) is 11.7. The Morgan fingerprint density at radius 3 is 2.70 bits per heavy atom. The van der Waals surface area contributed by atoms with Crippen LogP contribution in [0.3, 0.4) is 0 Å². The number of fused-ring (bicyclic) bond motifs is 1. The van der Waals surface area contributed by atoms with Crippen molar-refractivity contribution in [3.63, 3.8) is 0 Å². The maximum absolute atomic E-state index is 12.7. The molecule has 2 unspecified atom stereocenters. The maximum Gasteiger partial charge on any atom is 0.305 e. The number of benzene rings is 1. The van der Waals surface area contributed by atoms with Crippen molar-refractivity contribution >= 4 is 11.8 Å². The van der Waals surface area contributed by atoms with Crippen LogP contribution >= 0.6 is 0 Å². The Bertz CT molecular complexity index is 508. The van der Waals surface area contributed by atoms with Gasteiger partial charge in [-0.2, -0.15) is 0 Å². The summed E-state index contributed by atoms with van der Waals surface area (Å²) in [6, 6.07) is 9.90. The molecular formula is C17H20O3. The molecule has 106 valence electrons. The first-order valence-corrected chi connectivity index (χ1v) is 7.38. The average Bonchev–Trinajstić information content (AvgIpc) is 3.04. The highest BCUT2D eigenvalue weighted by Gasteiger charge is 2.52. The zero-order valence-electron chi connectivity index (χ0n) is 11.7. The molecule has 20 heavy (non-hydrogen) atoms. The number of ketones is 1. The molecule has 3 heteroatoms. The Balaban J connectivity index is 1.93. The van der Waals surface area contributed by atoms with Crippen molar-refractivity contribution in [2.75, 3.05) is 7.11 Å². The molecular weight excluding hydrogens is 252 g/mol. The predicted molar refractivity (Wildman–Crippen MR) is 75.1 cm³/mol. The van der Waals surface area contributed by atoms with Crippen LogP contribution in [0.25, 0.3) is 0 Å². The number of carbonyl (C=O) groups excluding carboxylic acids is 2. The smallest absolute Gasteiger partial charge is 0.305 e. The molecule has 0 saturated heterocycles. The molecule has 3 nitrogen and oxygen atoms in total. The highest BCUT2D eigenvalue weighted by Crippen LogP contribution is 2.53. The van der Waals surface area contributed by atoms with Gasteiger partial charge in [0, 0.05) is 18.3 Å². The lowest BCUT2D eigenvalue weighted by atomic mass is 9.81. The van der Waals surface area contributed by atoms with E-state index in [0.717, 1.165) is 24.8 Å². The van der Waals surface area contributed by atoms with E-state index in [1.54, 1.807) is 0 Å². The molecule has 0 aliphatic heterocycles. The molecule has 1 aromatic rings. The number of hydrogen-bond acceptors (Lipinski definition) is 3. The van der Waals surface area contributed by atoms with Crippen LogP contribution in [0.4, 0.5) is 0 Å². The molecule has 0 bridgehead atoms. The lowest BCUT2D eigenvalue weighted by molar-refractivity contribution is -0.142. The van der Waals surface area contributed by atoms with Gasteiger partial charge in [0.05, 0.1) is 7.11 Å². The fourth-order valence-corrected chi connectivity index (χ4v) is 4.16. The van der Waals surface area contributed by atoms with Gasteiger partial charge in [-0.25, -0.2) is 0 Å². The van der Waals surface area contributed by atoms with E-state index < -0.39 is 0 Å². The summed E-state index contributed by atoms with van der Waals surface area (Å²) in [6.45, 7) is 0. The molecule has 2 saturated carbocycles. The topological polar surface area (TPSA) is 43.4 Å². The molecule has 2 aliphatic rings. The lowest BCUT2D eigenvalue weighted by Crippen LogP contribution is -2.20. The number of hydrogen-bond donors (Lipinski definition) is 0. The van der Waals surface area contributed by atoms with E-state index in [1.165, 1.54) is 7.11 Å². The summed E-state index contributed by atoms with van der Waals surface area (Å²) in [5.41, 5.74) is 1.06. The minimum absolute atomic E-state index is 0.116. The standard InChI is InChI=1S/C17H20O3/c1-20-15(18)10-14-12-8-5-9-13(12)17(19)16(14)11-6-3-2-4-7-11/h2-4,6-7,12-14,16H,5,8-10H2,1H3/t12?,13?,14-,16+/m0/s1. The Labute approximate surface area is 119 Å². The number of carbonyl (C=O) groups is 2. The quantitative estimate of drug-likeness (QED) is 0.795.